The van der Waals surface area contributed by atoms with Crippen LogP contribution in [0.3, 0.4) is 0 Å². The second-order valence-electron chi connectivity index (χ2n) is 5.75. The first-order valence-corrected chi connectivity index (χ1v) is 9.31. The first kappa shape index (κ1) is 19.6. The second-order valence-corrected chi connectivity index (χ2v) is 7.43. The van der Waals surface area contributed by atoms with E-state index in [1.165, 1.54) is 12.1 Å². The minimum absolute atomic E-state index is 0.0198. The summed E-state index contributed by atoms with van der Waals surface area (Å²) < 4.78 is 31.0. The molecule has 7 nitrogen and oxygen atoms in total. The number of ether oxygens (including phenoxy) is 1. The maximum Gasteiger partial charge on any atom is 0.264 e. The lowest BCUT2D eigenvalue weighted by molar-refractivity contribution is -0.127. The summed E-state index contributed by atoms with van der Waals surface area (Å²) in [7, 11) is -3.96. The molecule has 0 unspecified atom stereocenters. The Hall–Kier alpha value is -2.71. The first-order chi connectivity index (χ1) is 12.3. The van der Waals surface area contributed by atoms with Gasteiger partial charge in [-0.2, -0.15) is 0 Å². The summed E-state index contributed by atoms with van der Waals surface area (Å²) in [6, 6.07) is 13.3. The minimum Gasteiger partial charge on any atom is -0.362 e. The van der Waals surface area contributed by atoms with Crippen LogP contribution < -0.4 is 10.0 Å². The fraction of sp³-hybridized carbons (Fsp3) is 0.222. The number of hydrogen-bond donors (Lipinski definition) is 2. The van der Waals surface area contributed by atoms with Gasteiger partial charge in [-0.05, 0) is 43.7 Å². The molecule has 0 aliphatic rings. The molecule has 2 aromatic carbocycles. The second kappa shape index (κ2) is 8.59. The standard InChI is InChI=1S/C18H20N2O5S/c1-13-6-8-16(9-7-13)26(23,24)20-18(22)12-25-11-17(21)19-15-5-3-4-14(2)10-15/h3-10H,11-12H2,1-2H3,(H,19,21)(H,20,22). The Balaban J connectivity index is 1.79. The van der Waals surface area contributed by atoms with Gasteiger partial charge in [0.25, 0.3) is 15.9 Å². The Labute approximate surface area is 152 Å². The van der Waals surface area contributed by atoms with Crippen LogP contribution in [-0.2, 0) is 24.3 Å². The van der Waals surface area contributed by atoms with E-state index in [1.54, 1.807) is 30.3 Å². The molecule has 138 valence electrons. The van der Waals surface area contributed by atoms with E-state index in [4.69, 9.17) is 4.74 Å². The van der Waals surface area contributed by atoms with E-state index in [9.17, 15) is 18.0 Å². The lowest BCUT2D eigenvalue weighted by atomic mass is 10.2. The predicted octanol–water partition coefficient (Wildman–Crippen LogP) is 1.76. The summed E-state index contributed by atoms with van der Waals surface area (Å²) >= 11 is 0. The van der Waals surface area contributed by atoms with E-state index >= 15 is 0 Å². The maximum atomic E-state index is 12.1. The van der Waals surface area contributed by atoms with Gasteiger partial charge in [-0.1, -0.05) is 29.8 Å². The van der Waals surface area contributed by atoms with Crippen LogP contribution in [0.4, 0.5) is 5.69 Å². The van der Waals surface area contributed by atoms with Crippen molar-refractivity contribution in [2.45, 2.75) is 18.7 Å². The molecule has 2 N–H and O–H groups in total. The van der Waals surface area contributed by atoms with Gasteiger partial charge in [0.15, 0.2) is 0 Å². The van der Waals surface area contributed by atoms with Crippen molar-refractivity contribution in [3.05, 3.63) is 59.7 Å². The zero-order valence-corrected chi connectivity index (χ0v) is 15.3. The molecule has 2 amide bonds. The highest BCUT2D eigenvalue weighted by Crippen LogP contribution is 2.10. The summed E-state index contributed by atoms with van der Waals surface area (Å²) in [6.07, 6.45) is 0. The van der Waals surface area contributed by atoms with Crippen LogP contribution in [0.2, 0.25) is 0 Å². The smallest absolute Gasteiger partial charge is 0.264 e. The van der Waals surface area contributed by atoms with Crippen LogP contribution >= 0.6 is 0 Å². The maximum absolute atomic E-state index is 12.1. The Kier molecular flexibility index (Phi) is 6.48. The average Bonchev–Trinajstić information content (AvgIpc) is 2.54. The number of benzene rings is 2. The lowest BCUT2D eigenvalue weighted by Crippen LogP contribution is -2.34. The summed E-state index contributed by atoms with van der Waals surface area (Å²) in [6.45, 7) is 2.80. The number of carbonyl (C=O) groups is 2. The van der Waals surface area contributed by atoms with E-state index in [-0.39, 0.29) is 11.5 Å². The largest absolute Gasteiger partial charge is 0.362 e. The normalized spacial score (nSPS) is 11.0. The van der Waals surface area contributed by atoms with Gasteiger partial charge in [-0.15, -0.1) is 0 Å². The highest BCUT2D eigenvalue weighted by atomic mass is 32.2. The fourth-order valence-corrected chi connectivity index (χ4v) is 3.08. The molecule has 0 saturated carbocycles. The molecular formula is C18H20N2O5S. The Morgan fingerprint density at radius 2 is 1.58 bits per heavy atom. The number of anilines is 1. The van der Waals surface area contributed by atoms with Crippen molar-refractivity contribution in [1.82, 2.24) is 4.72 Å². The van der Waals surface area contributed by atoms with Crippen molar-refractivity contribution in [1.29, 1.82) is 0 Å². The number of nitrogens with one attached hydrogen (secondary N) is 2. The van der Waals surface area contributed by atoms with E-state index in [2.05, 4.69) is 5.32 Å². The highest BCUT2D eigenvalue weighted by molar-refractivity contribution is 7.90. The zero-order valence-electron chi connectivity index (χ0n) is 14.5. The average molecular weight is 376 g/mol. The minimum atomic E-state index is -3.96. The van der Waals surface area contributed by atoms with E-state index in [0.717, 1.165) is 11.1 Å². The van der Waals surface area contributed by atoms with Crippen LogP contribution in [0.1, 0.15) is 11.1 Å². The zero-order chi connectivity index (χ0) is 19.2. The van der Waals surface area contributed by atoms with Crippen molar-refractivity contribution in [3.63, 3.8) is 0 Å². The molecule has 0 spiro atoms. The summed E-state index contributed by atoms with van der Waals surface area (Å²) in [4.78, 5) is 23.5. The Morgan fingerprint density at radius 1 is 0.923 bits per heavy atom. The van der Waals surface area contributed by atoms with Gasteiger partial charge in [-0.25, -0.2) is 13.1 Å². The van der Waals surface area contributed by atoms with Gasteiger partial charge in [0.1, 0.15) is 13.2 Å². The van der Waals surface area contributed by atoms with Gasteiger partial charge >= 0.3 is 0 Å². The third-order valence-corrected chi connectivity index (χ3v) is 4.74. The first-order valence-electron chi connectivity index (χ1n) is 7.83. The van der Waals surface area contributed by atoms with E-state index in [0.29, 0.717) is 5.69 Å². The van der Waals surface area contributed by atoms with Crippen molar-refractivity contribution >= 4 is 27.5 Å². The molecule has 0 heterocycles. The highest BCUT2D eigenvalue weighted by Gasteiger charge is 2.17. The lowest BCUT2D eigenvalue weighted by Gasteiger charge is -2.08. The monoisotopic (exact) mass is 376 g/mol. The van der Waals surface area contributed by atoms with E-state index in [1.807, 2.05) is 24.6 Å². The van der Waals surface area contributed by atoms with Crippen LogP contribution in [0, 0.1) is 13.8 Å². The molecule has 0 bridgehead atoms. The third kappa shape index (κ3) is 5.98. The molecule has 0 saturated heterocycles. The molecule has 2 rings (SSSR count). The molecule has 0 fully saturated rings. The van der Waals surface area contributed by atoms with Gasteiger partial charge in [0.05, 0.1) is 4.90 Å². The van der Waals surface area contributed by atoms with Crippen molar-refractivity contribution in [3.8, 4) is 0 Å². The summed E-state index contributed by atoms with van der Waals surface area (Å²) in [5, 5.41) is 2.62. The summed E-state index contributed by atoms with van der Waals surface area (Å²) in [5.41, 5.74) is 2.51. The van der Waals surface area contributed by atoms with Crippen LogP contribution in [0.15, 0.2) is 53.4 Å². The van der Waals surface area contributed by atoms with Crippen molar-refractivity contribution < 1.29 is 22.7 Å². The number of carbonyl (C=O) groups excluding carboxylic acids is 2. The van der Waals surface area contributed by atoms with Crippen LogP contribution in [-0.4, -0.2) is 33.4 Å². The number of hydrogen-bond acceptors (Lipinski definition) is 5. The number of sulfonamides is 1. The Morgan fingerprint density at radius 3 is 2.23 bits per heavy atom. The Bertz CT molecular complexity index is 892. The molecule has 0 atom stereocenters. The molecular weight excluding hydrogens is 356 g/mol. The topological polar surface area (TPSA) is 102 Å². The van der Waals surface area contributed by atoms with Gasteiger partial charge in [0, 0.05) is 5.69 Å². The van der Waals surface area contributed by atoms with Gasteiger partial charge in [-0.3, -0.25) is 9.59 Å². The molecule has 0 radical (unpaired) electrons. The molecule has 0 aromatic heterocycles. The SMILES string of the molecule is Cc1ccc(S(=O)(=O)NC(=O)COCC(=O)Nc2cccc(C)c2)cc1. The number of amides is 2. The van der Waals surface area contributed by atoms with Gasteiger partial charge in [0.2, 0.25) is 5.91 Å². The molecule has 8 heteroatoms. The van der Waals surface area contributed by atoms with Crippen LogP contribution in [0.25, 0.3) is 0 Å². The van der Waals surface area contributed by atoms with Crippen molar-refractivity contribution in [2.24, 2.45) is 0 Å². The van der Waals surface area contributed by atoms with Gasteiger partial charge < -0.3 is 10.1 Å². The molecule has 0 aliphatic heterocycles. The quantitative estimate of drug-likeness (QED) is 0.767. The molecule has 0 aliphatic carbocycles. The summed E-state index contributed by atoms with van der Waals surface area (Å²) in [5.74, 6) is -1.29. The predicted molar refractivity (Wildman–Crippen MR) is 97.1 cm³/mol. The fourth-order valence-electron chi connectivity index (χ4n) is 2.11. The van der Waals surface area contributed by atoms with E-state index < -0.39 is 28.4 Å². The number of aryl methyl sites for hydroxylation is 2. The van der Waals surface area contributed by atoms with Crippen molar-refractivity contribution in [2.75, 3.05) is 18.5 Å². The molecule has 2 aromatic rings. The van der Waals surface area contributed by atoms with Crippen LogP contribution in [0.5, 0.6) is 0 Å². The molecule has 26 heavy (non-hydrogen) atoms. The number of rotatable bonds is 7. The third-order valence-electron chi connectivity index (χ3n) is 3.35.